The van der Waals surface area contributed by atoms with Crippen LogP contribution in [0.4, 0.5) is 0 Å². The van der Waals surface area contributed by atoms with Crippen LogP contribution in [-0.2, 0) is 26.1 Å². The van der Waals surface area contributed by atoms with Crippen molar-refractivity contribution >= 4 is 106 Å². The summed E-state index contributed by atoms with van der Waals surface area (Å²) in [5, 5.41) is 0. The summed E-state index contributed by atoms with van der Waals surface area (Å²) < 4.78 is 41.3. The van der Waals surface area contributed by atoms with Gasteiger partial charge in [-0.25, -0.2) is 8.42 Å². The molecule has 5 nitrogen and oxygen atoms in total. The summed E-state index contributed by atoms with van der Waals surface area (Å²) in [6, 6.07) is 0. The molecule has 106 valence electrons. The van der Waals surface area contributed by atoms with Gasteiger partial charge in [0.25, 0.3) is 0 Å². The van der Waals surface area contributed by atoms with Crippen molar-refractivity contribution in [2.75, 3.05) is 7.11 Å². The molecule has 0 amide bonds. The van der Waals surface area contributed by atoms with Gasteiger partial charge in [0.05, 0.1) is 18.4 Å². The molecule has 0 bridgehead atoms. The van der Waals surface area contributed by atoms with Crippen molar-refractivity contribution in [2.24, 2.45) is 0 Å². The lowest BCUT2D eigenvalue weighted by Gasteiger charge is -2.19. The topological polar surface area (TPSA) is 83.5 Å². The van der Waals surface area contributed by atoms with Crippen LogP contribution in [0, 0.1) is 14.3 Å². The maximum absolute atomic E-state index is 11.4. The number of halogens is 4. The van der Waals surface area contributed by atoms with Crippen molar-refractivity contribution in [1.82, 2.24) is 0 Å². The summed E-state index contributed by atoms with van der Waals surface area (Å²) >= 11 is 7.78. The van der Waals surface area contributed by atoms with E-state index in [0.29, 0.717) is 10.7 Å². The van der Waals surface area contributed by atoms with Crippen LogP contribution in [0.3, 0.4) is 0 Å². The lowest BCUT2D eigenvalue weighted by Crippen LogP contribution is -2.15. The predicted molar refractivity (Wildman–Crippen MR) is 101 cm³/mol. The summed E-state index contributed by atoms with van der Waals surface area (Å²) in [6.07, 6.45) is -0.242. The Hall–Kier alpha value is 1.52. The van der Waals surface area contributed by atoms with Crippen LogP contribution in [0.5, 0.6) is 0 Å². The molecule has 0 heterocycles. The monoisotopic (exact) mass is 733 g/mol. The highest BCUT2D eigenvalue weighted by Gasteiger charge is 2.24. The van der Waals surface area contributed by atoms with Crippen molar-refractivity contribution in [1.29, 1.82) is 0 Å². The highest BCUT2D eigenvalue weighted by atomic mass is 127. The molecule has 10 heteroatoms. The molecule has 0 radical (unpaired) electrons. The lowest BCUT2D eigenvalue weighted by molar-refractivity contribution is -0.139. The van der Waals surface area contributed by atoms with Gasteiger partial charge in [0, 0.05) is 14.3 Å². The van der Waals surface area contributed by atoms with E-state index in [0.717, 1.165) is 3.57 Å². The van der Waals surface area contributed by atoms with Gasteiger partial charge < -0.3 is 9.29 Å². The molecule has 0 aliphatic carbocycles. The van der Waals surface area contributed by atoms with Gasteiger partial charge in [0.15, 0.2) is 0 Å². The standard InChI is InChI=1S/C9H6I4O5S/c1-18-4(14)2-3-5(10)6(11)7(12)8(13)9(3)19(15,16)17/h2H2,1H3,(H,15,16,17)/p-1. The molecule has 0 aromatic heterocycles. The molecular formula is C9H5I4O5S-. The van der Waals surface area contributed by atoms with E-state index in [1.165, 1.54) is 7.11 Å². The number of methoxy groups -OCH3 is 1. The number of hydrogen-bond acceptors (Lipinski definition) is 5. The van der Waals surface area contributed by atoms with Gasteiger partial charge in [-0.1, -0.05) is 0 Å². The first-order valence-corrected chi connectivity index (χ1v) is 10.2. The summed E-state index contributed by atoms with van der Waals surface area (Å²) in [7, 11) is -3.45. The minimum absolute atomic E-state index is 0.205. The van der Waals surface area contributed by atoms with Crippen molar-refractivity contribution in [2.45, 2.75) is 11.3 Å². The van der Waals surface area contributed by atoms with Gasteiger partial charge in [-0.15, -0.1) is 0 Å². The van der Waals surface area contributed by atoms with E-state index in [4.69, 9.17) is 0 Å². The van der Waals surface area contributed by atoms with E-state index in [1.807, 2.05) is 67.8 Å². The first kappa shape index (κ1) is 18.6. The fraction of sp³-hybridized carbons (Fsp3) is 0.222. The third kappa shape index (κ3) is 4.26. The lowest BCUT2D eigenvalue weighted by atomic mass is 10.1. The van der Waals surface area contributed by atoms with E-state index in [2.05, 4.69) is 27.3 Å². The molecule has 0 N–H and O–H groups in total. The van der Waals surface area contributed by atoms with Gasteiger partial charge >= 0.3 is 5.97 Å². The van der Waals surface area contributed by atoms with Crippen LogP contribution in [0.2, 0.25) is 0 Å². The molecule has 0 saturated heterocycles. The van der Waals surface area contributed by atoms with Crippen molar-refractivity contribution in [3.63, 3.8) is 0 Å². The van der Waals surface area contributed by atoms with Gasteiger partial charge in [-0.3, -0.25) is 4.79 Å². The number of esters is 1. The highest BCUT2D eigenvalue weighted by Crippen LogP contribution is 2.35. The van der Waals surface area contributed by atoms with Crippen LogP contribution >= 0.6 is 90.4 Å². The van der Waals surface area contributed by atoms with Gasteiger partial charge in [-0.2, -0.15) is 0 Å². The Bertz CT molecular complexity index is 641. The molecular weight excluding hydrogens is 728 g/mol. The number of rotatable bonds is 3. The van der Waals surface area contributed by atoms with E-state index in [-0.39, 0.29) is 16.9 Å². The van der Waals surface area contributed by atoms with E-state index >= 15 is 0 Å². The molecule has 19 heavy (non-hydrogen) atoms. The molecule has 0 unspecified atom stereocenters. The normalized spacial score (nSPS) is 11.5. The van der Waals surface area contributed by atoms with E-state index < -0.39 is 16.1 Å². The fourth-order valence-electron chi connectivity index (χ4n) is 1.29. The van der Waals surface area contributed by atoms with Gasteiger partial charge in [0.2, 0.25) is 0 Å². The third-order valence-electron chi connectivity index (χ3n) is 2.12. The SMILES string of the molecule is COC(=O)Cc1c(I)c(I)c(I)c(I)c1S(=O)(=O)[O-]. The molecule has 0 spiro atoms. The minimum Gasteiger partial charge on any atom is -0.744 e. The zero-order valence-electron chi connectivity index (χ0n) is 9.17. The smallest absolute Gasteiger partial charge is 0.310 e. The zero-order chi connectivity index (χ0) is 15.0. The molecule has 0 fully saturated rings. The third-order valence-corrected chi connectivity index (χ3v) is 11.0. The Morgan fingerprint density at radius 3 is 2.00 bits per heavy atom. The number of carbonyl (C=O) groups is 1. The van der Waals surface area contributed by atoms with Gasteiger partial charge in [0.1, 0.15) is 10.1 Å². The summed E-state index contributed by atoms with van der Waals surface area (Å²) in [4.78, 5) is 11.1. The summed E-state index contributed by atoms with van der Waals surface area (Å²) in [5.41, 5.74) is 0.205. The zero-order valence-corrected chi connectivity index (χ0v) is 18.6. The van der Waals surface area contributed by atoms with Crippen LogP contribution in [0.15, 0.2) is 4.90 Å². The van der Waals surface area contributed by atoms with Crippen LogP contribution in [0.25, 0.3) is 0 Å². The molecule has 1 aromatic carbocycles. The molecule has 1 aromatic rings. The average Bonchev–Trinajstić information content (AvgIpc) is 2.31. The summed E-state index contributed by atoms with van der Waals surface area (Å²) in [5.74, 6) is -0.587. The molecule has 0 saturated carbocycles. The first-order valence-electron chi connectivity index (χ1n) is 4.48. The number of hydrogen-bond donors (Lipinski definition) is 0. The largest absolute Gasteiger partial charge is 0.744 e. The van der Waals surface area contributed by atoms with Crippen LogP contribution in [-0.4, -0.2) is 26.0 Å². The summed E-state index contributed by atoms with van der Waals surface area (Å²) in [6.45, 7) is 0. The quantitative estimate of drug-likeness (QED) is 0.157. The van der Waals surface area contributed by atoms with Crippen molar-refractivity contribution < 1.29 is 22.5 Å². The Labute approximate surface area is 164 Å². The predicted octanol–water partition coefficient (Wildman–Crippen LogP) is 2.72. The van der Waals surface area contributed by atoms with Crippen LogP contribution < -0.4 is 0 Å². The maximum atomic E-state index is 11.4. The molecule has 0 aliphatic heterocycles. The fourth-order valence-corrected chi connectivity index (χ4v) is 6.76. The first-order chi connectivity index (χ1) is 8.61. The second kappa shape index (κ2) is 7.19. The Kier molecular flexibility index (Phi) is 7.02. The van der Waals surface area contributed by atoms with Gasteiger partial charge in [-0.05, 0) is 95.9 Å². The Morgan fingerprint density at radius 2 is 1.58 bits per heavy atom. The molecule has 1 rings (SSSR count). The van der Waals surface area contributed by atoms with Crippen molar-refractivity contribution in [3.05, 3.63) is 19.8 Å². The van der Waals surface area contributed by atoms with E-state index in [9.17, 15) is 17.8 Å². The number of ether oxygens (including phenoxy) is 1. The molecule has 0 atom stereocenters. The molecule has 0 aliphatic rings. The highest BCUT2D eigenvalue weighted by molar-refractivity contribution is 14.1. The second-order valence-corrected chi connectivity index (χ2v) is 8.90. The number of benzene rings is 1. The Balaban J connectivity index is 3.73. The van der Waals surface area contributed by atoms with Crippen molar-refractivity contribution in [3.8, 4) is 0 Å². The van der Waals surface area contributed by atoms with E-state index in [1.54, 1.807) is 0 Å². The maximum Gasteiger partial charge on any atom is 0.310 e. The Morgan fingerprint density at radius 1 is 1.11 bits per heavy atom. The minimum atomic E-state index is -4.66. The average molecular weight is 733 g/mol. The second-order valence-electron chi connectivity index (χ2n) is 3.27. The number of carbonyl (C=O) groups excluding carboxylic acids is 1. The van der Waals surface area contributed by atoms with Crippen LogP contribution in [0.1, 0.15) is 5.56 Å².